The number of aliphatic carboxylic acids is 1. The first-order valence-corrected chi connectivity index (χ1v) is 4.70. The highest BCUT2D eigenvalue weighted by Crippen LogP contribution is 2.12. The maximum atomic E-state index is 10.8. The fraction of sp³-hybridized carbons (Fsp3) is 0.364. The van der Waals surface area contributed by atoms with Crippen molar-refractivity contribution in [2.45, 2.75) is 12.5 Å². The number of likely N-dealkylation sites (N-methyl/N-ethyl adjacent to an activating group) is 1. The monoisotopic (exact) mass is 209 g/mol. The number of hydrogen-bond acceptors (Lipinski definition) is 3. The lowest BCUT2D eigenvalue weighted by atomic mass is 10.1. The second kappa shape index (κ2) is 5.36. The van der Waals surface area contributed by atoms with Crippen molar-refractivity contribution < 1.29 is 14.6 Å². The first kappa shape index (κ1) is 11.5. The van der Waals surface area contributed by atoms with Gasteiger partial charge in [-0.2, -0.15) is 0 Å². The molecule has 0 saturated carbocycles. The van der Waals surface area contributed by atoms with Crippen LogP contribution in [0.1, 0.15) is 5.56 Å². The molecule has 0 heterocycles. The van der Waals surface area contributed by atoms with Gasteiger partial charge in [0.1, 0.15) is 11.8 Å². The number of ether oxygens (including phenoxy) is 1. The zero-order valence-electron chi connectivity index (χ0n) is 8.86. The van der Waals surface area contributed by atoms with Gasteiger partial charge >= 0.3 is 5.97 Å². The van der Waals surface area contributed by atoms with Gasteiger partial charge in [0.15, 0.2) is 0 Å². The molecule has 1 rings (SSSR count). The van der Waals surface area contributed by atoms with Crippen molar-refractivity contribution in [2.75, 3.05) is 14.2 Å². The van der Waals surface area contributed by atoms with Crippen LogP contribution in [0.3, 0.4) is 0 Å². The highest BCUT2D eigenvalue weighted by molar-refractivity contribution is 5.73. The Labute approximate surface area is 88.9 Å². The molecule has 82 valence electrons. The van der Waals surface area contributed by atoms with Gasteiger partial charge in [0.25, 0.3) is 0 Å². The summed E-state index contributed by atoms with van der Waals surface area (Å²) in [6.45, 7) is 0. The zero-order valence-corrected chi connectivity index (χ0v) is 8.86. The Balaban J connectivity index is 2.67. The minimum absolute atomic E-state index is 0.468. The molecule has 0 unspecified atom stereocenters. The van der Waals surface area contributed by atoms with E-state index in [4.69, 9.17) is 9.84 Å². The van der Waals surface area contributed by atoms with Gasteiger partial charge in [-0.1, -0.05) is 12.1 Å². The molecule has 15 heavy (non-hydrogen) atoms. The van der Waals surface area contributed by atoms with Crippen LogP contribution in [0.2, 0.25) is 0 Å². The van der Waals surface area contributed by atoms with Gasteiger partial charge in [0.2, 0.25) is 0 Å². The van der Waals surface area contributed by atoms with E-state index in [-0.39, 0.29) is 0 Å². The fourth-order valence-corrected chi connectivity index (χ4v) is 1.31. The van der Waals surface area contributed by atoms with Gasteiger partial charge in [-0.15, -0.1) is 0 Å². The summed E-state index contributed by atoms with van der Waals surface area (Å²) < 4.78 is 5.02. The molecule has 0 spiro atoms. The van der Waals surface area contributed by atoms with Crippen LogP contribution in [0.4, 0.5) is 0 Å². The van der Waals surface area contributed by atoms with Gasteiger partial charge in [0, 0.05) is 0 Å². The Morgan fingerprint density at radius 3 is 2.47 bits per heavy atom. The molecular weight excluding hydrogens is 194 g/mol. The zero-order chi connectivity index (χ0) is 11.3. The quantitative estimate of drug-likeness (QED) is 0.756. The summed E-state index contributed by atoms with van der Waals surface area (Å²) in [7, 11) is 3.24. The average Bonchev–Trinajstić information content (AvgIpc) is 2.26. The Morgan fingerprint density at radius 1 is 1.47 bits per heavy atom. The van der Waals surface area contributed by atoms with E-state index in [1.165, 1.54) is 0 Å². The summed E-state index contributed by atoms with van der Waals surface area (Å²) >= 11 is 0. The van der Waals surface area contributed by atoms with Crippen molar-refractivity contribution in [1.29, 1.82) is 0 Å². The van der Waals surface area contributed by atoms with Crippen LogP contribution in [0.25, 0.3) is 0 Å². The number of benzene rings is 1. The SMILES string of the molecule is CN[C@@H](Cc1ccc(OC)cc1)C(=O)O. The number of carboxylic acid groups (broad SMARTS) is 1. The van der Waals surface area contributed by atoms with Crippen molar-refractivity contribution in [3.05, 3.63) is 29.8 Å². The molecule has 2 N–H and O–H groups in total. The predicted octanol–water partition coefficient (Wildman–Crippen LogP) is 0.910. The molecule has 0 aromatic heterocycles. The highest BCUT2D eigenvalue weighted by atomic mass is 16.5. The second-order valence-electron chi connectivity index (χ2n) is 3.23. The van der Waals surface area contributed by atoms with Gasteiger partial charge in [-0.25, -0.2) is 0 Å². The molecule has 4 nitrogen and oxygen atoms in total. The molecule has 0 radical (unpaired) electrons. The normalized spacial score (nSPS) is 12.1. The topological polar surface area (TPSA) is 58.6 Å². The number of methoxy groups -OCH3 is 1. The minimum Gasteiger partial charge on any atom is -0.497 e. The molecular formula is C11H15NO3. The van der Waals surface area contributed by atoms with Crippen LogP contribution >= 0.6 is 0 Å². The van der Waals surface area contributed by atoms with E-state index in [2.05, 4.69) is 5.32 Å². The first-order valence-electron chi connectivity index (χ1n) is 4.70. The van der Waals surface area contributed by atoms with Gasteiger partial charge in [0.05, 0.1) is 7.11 Å². The molecule has 0 amide bonds. The number of nitrogens with one attached hydrogen (secondary N) is 1. The predicted molar refractivity (Wildman–Crippen MR) is 57.2 cm³/mol. The standard InChI is InChI=1S/C11H15NO3/c1-12-10(11(13)14)7-8-3-5-9(15-2)6-4-8/h3-6,10,12H,7H2,1-2H3,(H,13,14)/t10-/m0/s1. The van der Waals surface area contributed by atoms with Crippen molar-refractivity contribution in [3.8, 4) is 5.75 Å². The van der Waals surface area contributed by atoms with Crippen molar-refractivity contribution >= 4 is 5.97 Å². The number of hydrogen-bond donors (Lipinski definition) is 2. The third kappa shape index (κ3) is 3.25. The molecule has 4 heteroatoms. The van der Waals surface area contributed by atoms with E-state index in [1.54, 1.807) is 14.2 Å². The second-order valence-corrected chi connectivity index (χ2v) is 3.23. The number of carbonyl (C=O) groups is 1. The van der Waals surface area contributed by atoms with E-state index in [0.717, 1.165) is 11.3 Å². The first-order chi connectivity index (χ1) is 7.17. The lowest BCUT2D eigenvalue weighted by Crippen LogP contribution is -2.35. The van der Waals surface area contributed by atoms with E-state index in [0.29, 0.717) is 6.42 Å². The summed E-state index contributed by atoms with van der Waals surface area (Å²) in [6, 6.07) is 6.84. The van der Waals surface area contributed by atoms with Gasteiger partial charge in [-0.05, 0) is 31.2 Å². The molecule has 0 fully saturated rings. The summed E-state index contributed by atoms with van der Waals surface area (Å²) in [4.78, 5) is 10.8. The minimum atomic E-state index is -0.840. The third-order valence-corrected chi connectivity index (χ3v) is 2.25. The smallest absolute Gasteiger partial charge is 0.321 e. The van der Waals surface area contributed by atoms with Crippen LogP contribution in [0.5, 0.6) is 5.75 Å². The maximum absolute atomic E-state index is 10.8. The lowest BCUT2D eigenvalue weighted by Gasteiger charge is -2.11. The van der Waals surface area contributed by atoms with E-state index in [9.17, 15) is 4.79 Å². The largest absolute Gasteiger partial charge is 0.497 e. The third-order valence-electron chi connectivity index (χ3n) is 2.25. The molecule has 1 aromatic carbocycles. The van der Waals surface area contributed by atoms with Crippen LogP contribution in [-0.2, 0) is 11.2 Å². The van der Waals surface area contributed by atoms with Crippen LogP contribution < -0.4 is 10.1 Å². The van der Waals surface area contributed by atoms with Crippen LogP contribution in [0.15, 0.2) is 24.3 Å². The fourth-order valence-electron chi connectivity index (χ4n) is 1.31. The van der Waals surface area contributed by atoms with E-state index in [1.807, 2.05) is 24.3 Å². The summed E-state index contributed by atoms with van der Waals surface area (Å²) in [5.41, 5.74) is 0.970. The van der Waals surface area contributed by atoms with Gasteiger partial charge in [-0.3, -0.25) is 4.79 Å². The highest BCUT2D eigenvalue weighted by Gasteiger charge is 2.14. The van der Waals surface area contributed by atoms with E-state index < -0.39 is 12.0 Å². The van der Waals surface area contributed by atoms with E-state index >= 15 is 0 Å². The Hall–Kier alpha value is -1.55. The Morgan fingerprint density at radius 2 is 2.07 bits per heavy atom. The van der Waals surface area contributed by atoms with Crippen molar-refractivity contribution in [1.82, 2.24) is 5.32 Å². The van der Waals surface area contributed by atoms with Crippen molar-refractivity contribution in [3.63, 3.8) is 0 Å². The maximum Gasteiger partial charge on any atom is 0.321 e. The molecule has 0 aliphatic heterocycles. The van der Waals surface area contributed by atoms with Crippen LogP contribution in [-0.4, -0.2) is 31.3 Å². The molecule has 1 atom stereocenters. The van der Waals surface area contributed by atoms with Crippen molar-refractivity contribution in [2.24, 2.45) is 0 Å². The van der Waals surface area contributed by atoms with Gasteiger partial charge < -0.3 is 15.2 Å². The molecule has 0 aliphatic carbocycles. The van der Waals surface area contributed by atoms with Crippen LogP contribution in [0, 0.1) is 0 Å². The lowest BCUT2D eigenvalue weighted by molar-refractivity contribution is -0.139. The number of rotatable bonds is 5. The number of carboxylic acids is 1. The summed E-state index contributed by atoms with van der Waals surface area (Å²) in [5.74, 6) is -0.0663. The molecule has 0 saturated heterocycles. The summed E-state index contributed by atoms with van der Waals surface area (Å²) in [5, 5.41) is 11.6. The molecule has 1 aromatic rings. The summed E-state index contributed by atoms with van der Waals surface area (Å²) in [6.07, 6.45) is 0.468. The Bertz CT molecular complexity index is 321. The Kier molecular flexibility index (Phi) is 4.12. The molecule has 0 bridgehead atoms. The molecule has 0 aliphatic rings. The average molecular weight is 209 g/mol.